The minimum Gasteiger partial charge on any atom is -0.440 e. The molecule has 1 fully saturated rings. The van der Waals surface area contributed by atoms with Crippen LogP contribution in [-0.2, 0) is 6.54 Å². The van der Waals surface area contributed by atoms with Crippen LogP contribution in [0.1, 0.15) is 61.8 Å². The van der Waals surface area contributed by atoms with Crippen molar-refractivity contribution in [3.8, 4) is 10.8 Å². The Morgan fingerprint density at radius 3 is 2.96 bits per heavy atom. The minimum absolute atomic E-state index is 0.168. The summed E-state index contributed by atoms with van der Waals surface area (Å²) in [5.41, 5.74) is 0.985. The van der Waals surface area contributed by atoms with Crippen molar-refractivity contribution in [2.45, 2.75) is 52.1 Å². The summed E-state index contributed by atoms with van der Waals surface area (Å²) in [5.74, 6) is 3.36. The summed E-state index contributed by atoms with van der Waals surface area (Å²) in [6, 6.07) is 4.21. The predicted octanol–water partition coefficient (Wildman–Crippen LogP) is 4.56. The van der Waals surface area contributed by atoms with Gasteiger partial charge in [0.15, 0.2) is 5.82 Å². The van der Waals surface area contributed by atoms with Gasteiger partial charge in [0.1, 0.15) is 5.76 Å². The topological polar surface area (TPSA) is 68.2 Å². The maximum Gasteiger partial charge on any atom is 0.244 e. The van der Waals surface area contributed by atoms with E-state index in [0.29, 0.717) is 5.89 Å². The van der Waals surface area contributed by atoms with Crippen LogP contribution in [0.4, 0.5) is 0 Å². The molecule has 3 aromatic heterocycles. The Morgan fingerprint density at radius 2 is 2.24 bits per heavy atom. The van der Waals surface area contributed by atoms with E-state index in [1.54, 1.807) is 11.3 Å². The molecule has 3 aromatic rings. The van der Waals surface area contributed by atoms with Crippen molar-refractivity contribution in [2.75, 3.05) is 6.54 Å². The number of rotatable bonds is 5. The summed E-state index contributed by atoms with van der Waals surface area (Å²) in [6.45, 7) is 7.88. The normalized spacial score (nSPS) is 18.5. The lowest BCUT2D eigenvalue weighted by atomic mass is 10.2. The Bertz CT molecular complexity index is 837. The van der Waals surface area contributed by atoms with E-state index in [2.05, 4.69) is 28.9 Å². The summed E-state index contributed by atoms with van der Waals surface area (Å²) in [7, 11) is 0. The second-order valence-corrected chi connectivity index (χ2v) is 7.72. The molecule has 1 saturated heterocycles. The zero-order valence-corrected chi connectivity index (χ0v) is 15.5. The second-order valence-electron chi connectivity index (χ2n) is 6.77. The van der Waals surface area contributed by atoms with Gasteiger partial charge >= 0.3 is 0 Å². The van der Waals surface area contributed by atoms with Crippen LogP contribution < -0.4 is 0 Å². The van der Waals surface area contributed by atoms with Crippen LogP contribution in [0.2, 0.25) is 0 Å². The summed E-state index contributed by atoms with van der Waals surface area (Å²) in [5, 5.41) is 6.15. The summed E-state index contributed by atoms with van der Waals surface area (Å²) < 4.78 is 11.4. The second kappa shape index (κ2) is 6.72. The number of hydrogen-bond donors (Lipinski definition) is 0. The molecule has 25 heavy (non-hydrogen) atoms. The molecule has 0 unspecified atom stereocenters. The van der Waals surface area contributed by atoms with Gasteiger partial charge in [0.05, 0.1) is 16.6 Å². The molecule has 1 aliphatic rings. The largest absolute Gasteiger partial charge is 0.440 e. The number of likely N-dealkylation sites (tertiary alicyclic amines) is 1. The summed E-state index contributed by atoms with van der Waals surface area (Å²) in [6.07, 6.45) is 2.16. The molecule has 6 nitrogen and oxygen atoms in total. The zero-order valence-electron chi connectivity index (χ0n) is 14.7. The van der Waals surface area contributed by atoms with Crippen LogP contribution in [0, 0.1) is 6.92 Å². The van der Waals surface area contributed by atoms with E-state index < -0.39 is 0 Å². The first-order chi connectivity index (χ1) is 12.1. The number of hydrogen-bond acceptors (Lipinski definition) is 7. The quantitative estimate of drug-likeness (QED) is 0.666. The number of nitrogens with zero attached hydrogens (tertiary/aromatic N) is 4. The van der Waals surface area contributed by atoms with Gasteiger partial charge < -0.3 is 8.94 Å². The highest BCUT2D eigenvalue weighted by Crippen LogP contribution is 2.34. The van der Waals surface area contributed by atoms with Crippen molar-refractivity contribution in [2.24, 2.45) is 0 Å². The highest BCUT2D eigenvalue weighted by Gasteiger charge is 2.32. The first-order valence-corrected chi connectivity index (χ1v) is 9.57. The molecule has 0 spiro atoms. The average Bonchev–Trinajstić information content (AvgIpc) is 3.35. The summed E-state index contributed by atoms with van der Waals surface area (Å²) in [4.78, 5) is 12.7. The Labute approximate surface area is 150 Å². The SMILES string of the molecule is Cc1oc(-c2cccs2)nc1CN1CCC[C@H]1c1nc(C(C)C)no1. The van der Waals surface area contributed by atoms with Gasteiger partial charge in [-0.15, -0.1) is 11.3 Å². The van der Waals surface area contributed by atoms with E-state index in [-0.39, 0.29) is 12.0 Å². The Morgan fingerprint density at radius 1 is 1.36 bits per heavy atom. The third-order valence-corrected chi connectivity index (χ3v) is 5.46. The van der Waals surface area contributed by atoms with Crippen molar-refractivity contribution in [3.05, 3.63) is 40.7 Å². The standard InChI is InChI=1S/C18H22N4O2S/c1-11(2)16-20-17(24-21-16)14-6-4-8-22(14)10-13-12(3)23-18(19-13)15-7-5-9-25-15/h5,7,9,11,14H,4,6,8,10H2,1-3H3/t14-/m0/s1. The molecule has 0 radical (unpaired) electrons. The van der Waals surface area contributed by atoms with Crippen LogP contribution in [0.5, 0.6) is 0 Å². The fraction of sp³-hybridized carbons (Fsp3) is 0.500. The molecule has 0 amide bonds. The van der Waals surface area contributed by atoms with E-state index >= 15 is 0 Å². The fourth-order valence-electron chi connectivity index (χ4n) is 3.18. The molecular formula is C18H22N4O2S. The van der Waals surface area contributed by atoms with Crippen molar-refractivity contribution in [3.63, 3.8) is 0 Å². The van der Waals surface area contributed by atoms with E-state index in [4.69, 9.17) is 13.9 Å². The van der Waals surface area contributed by atoms with Crippen molar-refractivity contribution in [1.82, 2.24) is 20.0 Å². The van der Waals surface area contributed by atoms with Gasteiger partial charge in [0.25, 0.3) is 0 Å². The van der Waals surface area contributed by atoms with Crippen molar-refractivity contribution < 1.29 is 8.94 Å². The van der Waals surface area contributed by atoms with Gasteiger partial charge in [-0.2, -0.15) is 4.98 Å². The van der Waals surface area contributed by atoms with Gasteiger partial charge in [-0.25, -0.2) is 4.98 Å². The molecule has 4 heterocycles. The predicted molar refractivity (Wildman–Crippen MR) is 95.3 cm³/mol. The van der Waals surface area contributed by atoms with Crippen LogP contribution >= 0.6 is 11.3 Å². The zero-order chi connectivity index (χ0) is 17.4. The summed E-state index contributed by atoms with van der Waals surface area (Å²) >= 11 is 1.64. The molecule has 0 N–H and O–H groups in total. The first-order valence-electron chi connectivity index (χ1n) is 8.69. The van der Waals surface area contributed by atoms with E-state index in [1.807, 2.05) is 24.4 Å². The smallest absolute Gasteiger partial charge is 0.244 e. The lowest BCUT2D eigenvalue weighted by Crippen LogP contribution is -2.23. The lowest BCUT2D eigenvalue weighted by molar-refractivity contribution is 0.198. The molecule has 0 saturated carbocycles. The average molecular weight is 358 g/mol. The Kier molecular flexibility index (Phi) is 4.43. The molecule has 0 aromatic carbocycles. The Hall–Kier alpha value is -1.99. The van der Waals surface area contributed by atoms with E-state index in [1.165, 1.54) is 0 Å². The van der Waals surface area contributed by atoms with Crippen LogP contribution in [0.25, 0.3) is 10.8 Å². The van der Waals surface area contributed by atoms with Gasteiger partial charge in [0, 0.05) is 12.5 Å². The first kappa shape index (κ1) is 16.5. The van der Waals surface area contributed by atoms with Gasteiger partial charge in [-0.3, -0.25) is 4.90 Å². The van der Waals surface area contributed by atoms with E-state index in [9.17, 15) is 0 Å². The molecule has 4 rings (SSSR count). The monoisotopic (exact) mass is 358 g/mol. The third-order valence-electron chi connectivity index (χ3n) is 4.60. The number of aryl methyl sites for hydroxylation is 1. The number of aromatic nitrogens is 3. The van der Waals surface area contributed by atoms with Gasteiger partial charge in [0.2, 0.25) is 11.8 Å². The molecule has 7 heteroatoms. The maximum absolute atomic E-state index is 5.87. The lowest BCUT2D eigenvalue weighted by Gasteiger charge is -2.20. The third kappa shape index (κ3) is 3.26. The van der Waals surface area contributed by atoms with Crippen molar-refractivity contribution in [1.29, 1.82) is 0 Å². The highest BCUT2D eigenvalue weighted by atomic mass is 32.1. The van der Waals surface area contributed by atoms with Crippen molar-refractivity contribution >= 4 is 11.3 Å². The van der Waals surface area contributed by atoms with E-state index in [0.717, 1.165) is 54.0 Å². The molecule has 1 atom stereocenters. The van der Waals surface area contributed by atoms with Crippen LogP contribution in [0.3, 0.4) is 0 Å². The van der Waals surface area contributed by atoms with Gasteiger partial charge in [-0.1, -0.05) is 25.1 Å². The fourth-order valence-corrected chi connectivity index (χ4v) is 3.83. The molecule has 132 valence electrons. The molecular weight excluding hydrogens is 336 g/mol. The minimum atomic E-state index is 0.168. The number of oxazole rings is 1. The van der Waals surface area contributed by atoms with Crippen LogP contribution in [0.15, 0.2) is 26.5 Å². The molecule has 0 aliphatic carbocycles. The Balaban J connectivity index is 1.53. The maximum atomic E-state index is 5.87. The molecule has 1 aliphatic heterocycles. The highest BCUT2D eigenvalue weighted by molar-refractivity contribution is 7.13. The van der Waals surface area contributed by atoms with Gasteiger partial charge in [-0.05, 0) is 37.8 Å². The van der Waals surface area contributed by atoms with Crippen LogP contribution in [-0.4, -0.2) is 26.6 Å². The number of thiophene rings is 1. The molecule has 0 bridgehead atoms.